The lowest BCUT2D eigenvalue weighted by atomic mass is 9.97. The van der Waals surface area contributed by atoms with E-state index in [1.165, 1.54) is 6.92 Å². The molecule has 3 nitrogen and oxygen atoms in total. The van der Waals surface area contributed by atoms with Crippen LogP contribution in [0.4, 0.5) is 5.69 Å². The maximum Gasteiger partial charge on any atom is 0.224 e. The zero-order valence-corrected chi connectivity index (χ0v) is 10.0. The molecule has 1 aliphatic rings. The highest BCUT2D eigenvalue weighted by atomic mass is 16.2. The number of para-hydroxylation sites is 1. The van der Waals surface area contributed by atoms with Crippen molar-refractivity contribution in [1.82, 2.24) is 0 Å². The lowest BCUT2D eigenvalue weighted by molar-refractivity contribution is -0.116. The van der Waals surface area contributed by atoms with Gasteiger partial charge in [-0.2, -0.15) is 0 Å². The molecule has 1 amide bonds. The third kappa shape index (κ3) is 1.68. The summed E-state index contributed by atoms with van der Waals surface area (Å²) in [7, 11) is 0. The number of hydrogen-bond acceptors (Lipinski definition) is 2. The van der Waals surface area contributed by atoms with Crippen LogP contribution in [-0.4, -0.2) is 17.7 Å². The van der Waals surface area contributed by atoms with Crippen LogP contribution < -0.4 is 4.90 Å². The molecule has 0 fully saturated rings. The first-order valence-electron chi connectivity index (χ1n) is 5.63. The predicted octanol–water partition coefficient (Wildman–Crippen LogP) is 2.43. The van der Waals surface area contributed by atoms with Crippen molar-refractivity contribution in [2.24, 2.45) is 5.92 Å². The van der Waals surface area contributed by atoms with Crippen molar-refractivity contribution in [2.45, 2.75) is 19.9 Å². The minimum atomic E-state index is -0.442. The van der Waals surface area contributed by atoms with Gasteiger partial charge in [0, 0.05) is 18.4 Å². The van der Waals surface area contributed by atoms with Crippen LogP contribution >= 0.6 is 0 Å². The van der Waals surface area contributed by atoms with Gasteiger partial charge in [0.25, 0.3) is 0 Å². The molecule has 0 N–H and O–H groups in total. The molecule has 2 rings (SSSR count). The largest absolute Gasteiger partial charge is 0.300 e. The molecule has 3 heteroatoms. The Bertz CT molecular complexity index is 493. The highest BCUT2D eigenvalue weighted by Gasteiger charge is 2.41. The third-order valence-electron chi connectivity index (χ3n) is 3.18. The van der Waals surface area contributed by atoms with E-state index < -0.39 is 6.04 Å². The first kappa shape index (κ1) is 11.6. The van der Waals surface area contributed by atoms with Crippen molar-refractivity contribution in [2.75, 3.05) is 4.90 Å². The molecular formula is C14H15NO2. The first-order valence-corrected chi connectivity index (χ1v) is 5.63. The van der Waals surface area contributed by atoms with Crippen LogP contribution in [0.2, 0.25) is 0 Å². The molecule has 88 valence electrons. The summed E-state index contributed by atoms with van der Waals surface area (Å²) in [5.41, 5.74) is 1.34. The van der Waals surface area contributed by atoms with Crippen LogP contribution in [0.3, 0.4) is 0 Å². The molecule has 0 bridgehead atoms. The standard InChI is InChI=1S/C14H15NO2/c1-4-9(2)13-14(17)11-7-5-6-8-12(11)15(13)10(3)16/h4-9,13H,1H2,2-3H3/t9-,13-/m1/s1. The minimum absolute atomic E-state index is 0.00296. The molecule has 1 heterocycles. The van der Waals surface area contributed by atoms with Crippen LogP contribution in [0.1, 0.15) is 24.2 Å². The first-order chi connectivity index (χ1) is 8.07. The number of amides is 1. The van der Waals surface area contributed by atoms with E-state index in [2.05, 4.69) is 6.58 Å². The van der Waals surface area contributed by atoms with Crippen LogP contribution in [0.15, 0.2) is 36.9 Å². The molecule has 1 aromatic carbocycles. The number of Topliss-reactive ketones (excluding diaryl/α,β-unsaturated/α-hetero) is 1. The summed E-state index contributed by atoms with van der Waals surface area (Å²) in [4.78, 5) is 25.6. The van der Waals surface area contributed by atoms with Gasteiger partial charge >= 0.3 is 0 Å². The van der Waals surface area contributed by atoms with Gasteiger partial charge < -0.3 is 4.90 Å². The van der Waals surface area contributed by atoms with Gasteiger partial charge in [0.15, 0.2) is 5.78 Å². The van der Waals surface area contributed by atoms with Crippen LogP contribution in [-0.2, 0) is 4.79 Å². The number of nitrogens with zero attached hydrogens (tertiary/aromatic N) is 1. The average Bonchev–Trinajstić information content (AvgIpc) is 2.62. The fourth-order valence-electron chi connectivity index (χ4n) is 2.29. The molecule has 17 heavy (non-hydrogen) atoms. The van der Waals surface area contributed by atoms with Crippen molar-refractivity contribution in [3.05, 3.63) is 42.5 Å². The van der Waals surface area contributed by atoms with Gasteiger partial charge in [-0.05, 0) is 12.1 Å². The molecule has 2 atom stereocenters. The summed E-state index contributed by atoms with van der Waals surface area (Å²) in [5.74, 6) is -0.163. The second-order valence-corrected chi connectivity index (χ2v) is 4.31. The van der Waals surface area contributed by atoms with Gasteiger partial charge in [0.05, 0.1) is 5.69 Å². The Kier molecular flexibility index (Phi) is 2.84. The van der Waals surface area contributed by atoms with E-state index in [0.29, 0.717) is 11.3 Å². The van der Waals surface area contributed by atoms with Crippen LogP contribution in [0.25, 0.3) is 0 Å². The Morgan fingerprint density at radius 1 is 1.47 bits per heavy atom. The SMILES string of the molecule is C=C[C@@H](C)[C@@H]1C(=O)c2ccccc2N1C(C)=O. The highest BCUT2D eigenvalue weighted by Crippen LogP contribution is 2.35. The quantitative estimate of drug-likeness (QED) is 0.730. The number of rotatable bonds is 2. The van der Waals surface area contributed by atoms with Crippen molar-refractivity contribution in [3.8, 4) is 0 Å². The number of carbonyl (C=O) groups excluding carboxylic acids is 2. The summed E-state index contributed by atoms with van der Waals surface area (Å²) >= 11 is 0. The number of hydrogen-bond donors (Lipinski definition) is 0. The molecule has 0 aromatic heterocycles. The van der Waals surface area contributed by atoms with Crippen molar-refractivity contribution in [3.63, 3.8) is 0 Å². The molecule has 1 aromatic rings. The lowest BCUT2D eigenvalue weighted by Gasteiger charge is -2.26. The van der Waals surface area contributed by atoms with E-state index in [9.17, 15) is 9.59 Å². The molecule has 0 radical (unpaired) electrons. The summed E-state index contributed by atoms with van der Waals surface area (Å²) in [6.45, 7) is 7.09. The normalized spacial score (nSPS) is 20.0. The lowest BCUT2D eigenvalue weighted by Crippen LogP contribution is -2.42. The number of ketones is 1. The van der Waals surface area contributed by atoms with Gasteiger partial charge in [-0.15, -0.1) is 6.58 Å². The van der Waals surface area contributed by atoms with Gasteiger partial charge in [-0.3, -0.25) is 9.59 Å². The summed E-state index contributed by atoms with van der Waals surface area (Å²) < 4.78 is 0. The second kappa shape index (κ2) is 4.17. The molecule has 0 spiro atoms. The Hall–Kier alpha value is -1.90. The van der Waals surface area contributed by atoms with Crippen molar-refractivity contribution >= 4 is 17.4 Å². The zero-order chi connectivity index (χ0) is 12.6. The molecule has 0 saturated heterocycles. The summed E-state index contributed by atoms with van der Waals surface area (Å²) in [6, 6.07) is 6.79. The number of fused-ring (bicyclic) bond motifs is 1. The van der Waals surface area contributed by atoms with Crippen LogP contribution in [0, 0.1) is 5.92 Å². The smallest absolute Gasteiger partial charge is 0.224 e. The Balaban J connectivity index is 2.55. The average molecular weight is 229 g/mol. The van der Waals surface area contributed by atoms with Gasteiger partial charge in [-0.25, -0.2) is 0 Å². The molecule has 0 aliphatic carbocycles. The number of benzene rings is 1. The molecule has 1 aliphatic heterocycles. The fourth-order valence-corrected chi connectivity index (χ4v) is 2.29. The third-order valence-corrected chi connectivity index (χ3v) is 3.18. The van der Waals surface area contributed by atoms with Crippen molar-refractivity contribution < 1.29 is 9.59 Å². The van der Waals surface area contributed by atoms with Gasteiger partial charge in [-0.1, -0.05) is 25.1 Å². The van der Waals surface area contributed by atoms with E-state index in [1.54, 1.807) is 17.0 Å². The van der Waals surface area contributed by atoms with Crippen LogP contribution in [0.5, 0.6) is 0 Å². The Morgan fingerprint density at radius 2 is 2.12 bits per heavy atom. The topological polar surface area (TPSA) is 37.4 Å². The van der Waals surface area contributed by atoms with E-state index in [4.69, 9.17) is 0 Å². The van der Waals surface area contributed by atoms with E-state index in [1.807, 2.05) is 25.1 Å². The Labute approximate surface area is 101 Å². The minimum Gasteiger partial charge on any atom is -0.300 e. The Morgan fingerprint density at radius 3 is 2.71 bits per heavy atom. The number of anilines is 1. The van der Waals surface area contributed by atoms with Gasteiger partial charge in [0.1, 0.15) is 6.04 Å². The zero-order valence-electron chi connectivity index (χ0n) is 10.0. The maximum atomic E-state index is 12.3. The predicted molar refractivity (Wildman–Crippen MR) is 67.1 cm³/mol. The molecule has 0 saturated carbocycles. The highest BCUT2D eigenvalue weighted by molar-refractivity contribution is 6.17. The van der Waals surface area contributed by atoms with E-state index >= 15 is 0 Å². The monoisotopic (exact) mass is 229 g/mol. The second-order valence-electron chi connectivity index (χ2n) is 4.31. The number of carbonyl (C=O) groups is 2. The van der Waals surface area contributed by atoms with E-state index in [-0.39, 0.29) is 17.6 Å². The van der Waals surface area contributed by atoms with E-state index in [0.717, 1.165) is 0 Å². The van der Waals surface area contributed by atoms with Gasteiger partial charge in [0.2, 0.25) is 5.91 Å². The van der Waals surface area contributed by atoms with Crippen molar-refractivity contribution in [1.29, 1.82) is 0 Å². The molecule has 0 unspecified atom stereocenters. The maximum absolute atomic E-state index is 12.3. The summed E-state index contributed by atoms with van der Waals surface area (Å²) in [5, 5.41) is 0. The molecular weight excluding hydrogens is 214 g/mol. The fraction of sp³-hybridized carbons (Fsp3) is 0.286. The summed E-state index contributed by atoms with van der Waals surface area (Å²) in [6.07, 6.45) is 1.71.